The molecule has 5 heteroatoms. The Balaban J connectivity index is 2.45. The van der Waals surface area contributed by atoms with E-state index in [1.54, 1.807) is 0 Å². The van der Waals surface area contributed by atoms with E-state index in [-0.39, 0.29) is 5.38 Å². The van der Waals surface area contributed by atoms with Crippen molar-refractivity contribution < 1.29 is 4.74 Å². The third-order valence-electron chi connectivity index (χ3n) is 3.59. The molecule has 0 bridgehead atoms. The van der Waals surface area contributed by atoms with Crippen LogP contribution in [0.2, 0.25) is 0 Å². The molecule has 0 aliphatic heterocycles. The highest BCUT2D eigenvalue weighted by atomic mass is 35.5. The molecule has 0 aliphatic carbocycles. The van der Waals surface area contributed by atoms with Gasteiger partial charge in [0.25, 0.3) is 0 Å². The highest BCUT2D eigenvalue weighted by molar-refractivity contribution is 7.99. The average Bonchev–Trinajstić information content (AvgIpc) is 2.85. The number of halogens is 1. The van der Waals surface area contributed by atoms with Gasteiger partial charge < -0.3 is 9.30 Å². The summed E-state index contributed by atoms with van der Waals surface area (Å²) in [6, 6.07) is 6.08. The first kappa shape index (κ1) is 16.5. The third-order valence-corrected chi connectivity index (χ3v) is 4.82. The molecule has 0 N–H and O–H groups in total. The number of aromatic nitrogens is 2. The summed E-state index contributed by atoms with van der Waals surface area (Å²) in [6.45, 7) is 7.78. The molecule has 0 amide bonds. The predicted molar refractivity (Wildman–Crippen MR) is 92.8 cm³/mol. The van der Waals surface area contributed by atoms with E-state index in [9.17, 15) is 0 Å². The van der Waals surface area contributed by atoms with Crippen LogP contribution in [0.25, 0.3) is 11.0 Å². The summed E-state index contributed by atoms with van der Waals surface area (Å²) in [6.07, 6.45) is 3.25. The molecule has 0 fully saturated rings. The molecule has 0 spiro atoms. The number of rotatable bonds is 7. The fraction of sp³-hybridized carbons (Fsp3) is 0.562. The van der Waals surface area contributed by atoms with E-state index in [0.29, 0.717) is 11.9 Å². The number of para-hydroxylation sites is 1. The maximum absolute atomic E-state index is 6.33. The summed E-state index contributed by atoms with van der Waals surface area (Å²) in [5.41, 5.74) is 2.02. The molecular weight excluding hydrogens is 304 g/mol. The van der Waals surface area contributed by atoms with E-state index >= 15 is 0 Å². The number of hydrogen-bond donors (Lipinski definition) is 0. The van der Waals surface area contributed by atoms with Gasteiger partial charge in [-0.25, -0.2) is 4.98 Å². The van der Waals surface area contributed by atoms with Crippen LogP contribution < -0.4 is 4.74 Å². The summed E-state index contributed by atoms with van der Waals surface area (Å²) < 4.78 is 7.93. The summed E-state index contributed by atoms with van der Waals surface area (Å²) in [5, 5.41) is 0.507. The lowest BCUT2D eigenvalue weighted by atomic mass is 10.2. The van der Waals surface area contributed by atoms with Crippen molar-refractivity contribution in [3.63, 3.8) is 0 Å². The molecule has 1 aromatic carbocycles. The van der Waals surface area contributed by atoms with E-state index in [1.165, 1.54) is 0 Å². The van der Waals surface area contributed by atoms with Gasteiger partial charge in [0, 0.05) is 11.8 Å². The Bertz CT molecular complexity index is 597. The second-order valence-corrected chi connectivity index (χ2v) is 7.06. The smallest absolute Gasteiger partial charge is 0.147 e. The zero-order valence-corrected chi connectivity index (χ0v) is 14.7. The second-order valence-electron chi connectivity index (χ2n) is 5.13. The Morgan fingerprint density at radius 1 is 1.38 bits per heavy atom. The Labute approximate surface area is 136 Å². The highest BCUT2D eigenvalue weighted by Crippen LogP contribution is 2.30. The summed E-state index contributed by atoms with van der Waals surface area (Å²) in [4.78, 5) is 4.73. The van der Waals surface area contributed by atoms with E-state index < -0.39 is 0 Å². The second kappa shape index (κ2) is 7.41. The van der Waals surface area contributed by atoms with Gasteiger partial charge in [-0.15, -0.1) is 11.6 Å². The number of nitrogens with zero attached hydrogens (tertiary/aromatic N) is 2. The third kappa shape index (κ3) is 3.67. The van der Waals surface area contributed by atoms with Crippen molar-refractivity contribution in [1.29, 1.82) is 0 Å². The summed E-state index contributed by atoms with van der Waals surface area (Å²) >= 11 is 8.22. The topological polar surface area (TPSA) is 27.1 Å². The fourth-order valence-electron chi connectivity index (χ4n) is 2.38. The summed E-state index contributed by atoms with van der Waals surface area (Å²) in [7, 11) is 0. The highest BCUT2D eigenvalue weighted by Gasteiger charge is 2.17. The van der Waals surface area contributed by atoms with E-state index in [2.05, 4.69) is 23.8 Å². The lowest BCUT2D eigenvalue weighted by Gasteiger charge is -2.13. The van der Waals surface area contributed by atoms with Crippen molar-refractivity contribution in [3.8, 4) is 5.75 Å². The number of ether oxygens (including phenoxy) is 1. The first-order valence-corrected chi connectivity index (χ1v) is 9.09. The van der Waals surface area contributed by atoms with Gasteiger partial charge in [-0.3, -0.25) is 0 Å². The molecule has 2 aromatic rings. The van der Waals surface area contributed by atoms with Gasteiger partial charge in [0.15, 0.2) is 0 Å². The SMILES string of the molecule is CCOc1cccc2c1nc(C(C)Cl)n2CCC(C)SC. The number of aryl methyl sites for hydroxylation is 1. The largest absolute Gasteiger partial charge is 0.492 e. The molecular formula is C16H23ClN2OS. The van der Waals surface area contributed by atoms with Crippen LogP contribution in [0.1, 0.15) is 38.4 Å². The van der Waals surface area contributed by atoms with Gasteiger partial charge in [-0.2, -0.15) is 11.8 Å². The van der Waals surface area contributed by atoms with E-state index in [1.807, 2.05) is 37.7 Å². The molecule has 3 nitrogen and oxygen atoms in total. The van der Waals surface area contributed by atoms with Crippen LogP contribution >= 0.6 is 23.4 Å². The quantitative estimate of drug-likeness (QED) is 0.679. The minimum absolute atomic E-state index is 0.114. The number of benzene rings is 1. The fourth-order valence-corrected chi connectivity index (χ4v) is 2.89. The predicted octanol–water partition coefficient (Wildman–Crippen LogP) is 4.88. The number of alkyl halides is 1. The molecule has 21 heavy (non-hydrogen) atoms. The van der Waals surface area contributed by atoms with Gasteiger partial charge in [-0.1, -0.05) is 13.0 Å². The van der Waals surface area contributed by atoms with E-state index in [4.69, 9.17) is 21.3 Å². The maximum atomic E-state index is 6.33. The van der Waals surface area contributed by atoms with Crippen LogP contribution in [0.3, 0.4) is 0 Å². The van der Waals surface area contributed by atoms with Gasteiger partial charge >= 0.3 is 0 Å². The minimum atomic E-state index is -0.114. The first-order chi connectivity index (χ1) is 10.1. The molecule has 0 saturated carbocycles. The Morgan fingerprint density at radius 3 is 2.76 bits per heavy atom. The number of hydrogen-bond acceptors (Lipinski definition) is 3. The molecule has 0 radical (unpaired) electrons. The minimum Gasteiger partial charge on any atom is -0.492 e. The van der Waals surface area contributed by atoms with Crippen molar-refractivity contribution in [2.75, 3.05) is 12.9 Å². The zero-order chi connectivity index (χ0) is 15.4. The lowest BCUT2D eigenvalue weighted by molar-refractivity contribution is 0.343. The monoisotopic (exact) mass is 326 g/mol. The van der Waals surface area contributed by atoms with Crippen LogP contribution in [-0.4, -0.2) is 27.7 Å². The van der Waals surface area contributed by atoms with Crippen LogP contribution in [-0.2, 0) is 6.54 Å². The normalized spacial score (nSPS) is 14.3. The summed E-state index contributed by atoms with van der Waals surface area (Å²) in [5.74, 6) is 1.76. The Kier molecular flexibility index (Phi) is 5.82. The Hall–Kier alpha value is -0.870. The van der Waals surface area contributed by atoms with Gasteiger partial charge in [0.05, 0.1) is 17.5 Å². The van der Waals surface area contributed by atoms with E-state index in [0.717, 1.165) is 35.6 Å². The van der Waals surface area contributed by atoms with Crippen molar-refractivity contribution in [3.05, 3.63) is 24.0 Å². The van der Waals surface area contributed by atoms with Crippen LogP contribution in [0.15, 0.2) is 18.2 Å². The number of fused-ring (bicyclic) bond motifs is 1. The molecule has 2 rings (SSSR count). The molecule has 2 atom stereocenters. The van der Waals surface area contributed by atoms with Crippen LogP contribution in [0, 0.1) is 0 Å². The lowest BCUT2D eigenvalue weighted by Crippen LogP contribution is -2.08. The van der Waals surface area contributed by atoms with Crippen molar-refractivity contribution in [2.45, 2.75) is 44.4 Å². The van der Waals surface area contributed by atoms with Crippen LogP contribution in [0.5, 0.6) is 5.75 Å². The zero-order valence-electron chi connectivity index (χ0n) is 13.1. The average molecular weight is 327 g/mol. The van der Waals surface area contributed by atoms with Crippen LogP contribution in [0.4, 0.5) is 0 Å². The van der Waals surface area contributed by atoms with Crippen molar-refractivity contribution >= 4 is 34.4 Å². The molecule has 0 saturated heterocycles. The number of imidazole rings is 1. The van der Waals surface area contributed by atoms with Gasteiger partial charge in [0.2, 0.25) is 0 Å². The van der Waals surface area contributed by atoms with Crippen molar-refractivity contribution in [2.24, 2.45) is 0 Å². The number of thioether (sulfide) groups is 1. The molecule has 0 aliphatic rings. The van der Waals surface area contributed by atoms with Gasteiger partial charge in [0.1, 0.15) is 17.1 Å². The molecule has 2 unspecified atom stereocenters. The van der Waals surface area contributed by atoms with Crippen molar-refractivity contribution in [1.82, 2.24) is 9.55 Å². The maximum Gasteiger partial charge on any atom is 0.147 e. The standard InChI is InChI=1S/C16H23ClN2OS/c1-5-20-14-8-6-7-13-15(14)18-16(12(3)17)19(13)10-9-11(2)21-4/h6-8,11-12H,5,9-10H2,1-4H3. The molecule has 1 heterocycles. The first-order valence-electron chi connectivity index (χ1n) is 7.37. The molecule has 116 valence electrons. The van der Waals surface area contributed by atoms with Gasteiger partial charge in [-0.05, 0) is 38.7 Å². The Morgan fingerprint density at radius 2 is 2.14 bits per heavy atom. The molecule has 1 aromatic heterocycles.